The highest BCUT2D eigenvalue weighted by Gasteiger charge is 2.19. The fourth-order valence-electron chi connectivity index (χ4n) is 2.04. The minimum absolute atomic E-state index is 0.0183. The molecule has 0 spiro atoms. The van der Waals surface area contributed by atoms with E-state index in [1.165, 1.54) is 12.7 Å². The lowest BCUT2D eigenvalue weighted by molar-refractivity contribution is 0.112. The number of aliphatic hydroxyl groups excluding tert-OH is 2. The van der Waals surface area contributed by atoms with E-state index in [1.54, 1.807) is 4.57 Å². The van der Waals surface area contributed by atoms with Crippen LogP contribution in [-0.2, 0) is 15.9 Å². The van der Waals surface area contributed by atoms with Crippen molar-refractivity contribution in [2.75, 3.05) is 19.6 Å². The van der Waals surface area contributed by atoms with E-state index in [0.717, 1.165) is 0 Å². The summed E-state index contributed by atoms with van der Waals surface area (Å²) < 4.78 is 17.5. The molecule has 2 aromatic heterocycles. The first kappa shape index (κ1) is 16.9. The number of aromatic nitrogens is 4. The van der Waals surface area contributed by atoms with E-state index >= 15 is 0 Å². The third-order valence-corrected chi connectivity index (χ3v) is 3.53. The summed E-state index contributed by atoms with van der Waals surface area (Å²) in [5.41, 5.74) is 1.27. The first-order valence-electron chi connectivity index (χ1n) is 6.46. The van der Waals surface area contributed by atoms with Gasteiger partial charge >= 0.3 is 7.60 Å². The van der Waals surface area contributed by atoms with Gasteiger partial charge in [0.05, 0.1) is 31.3 Å². The monoisotopic (exact) mass is 332 g/mol. The third kappa shape index (κ3) is 4.07. The van der Waals surface area contributed by atoms with Gasteiger partial charge in [-0.15, -0.1) is 0 Å². The Kier molecular flexibility index (Phi) is 5.57. The normalized spacial score (nSPS) is 13.6. The van der Waals surface area contributed by atoms with Gasteiger partial charge < -0.3 is 29.3 Å². The van der Waals surface area contributed by atoms with Crippen LogP contribution in [0, 0.1) is 0 Å². The van der Waals surface area contributed by atoms with Crippen molar-refractivity contribution in [1.29, 1.82) is 0 Å². The van der Waals surface area contributed by atoms with Crippen molar-refractivity contribution in [3.63, 3.8) is 0 Å². The smallest absolute Gasteiger partial charge is 0.350 e. The van der Waals surface area contributed by atoms with Crippen LogP contribution in [-0.4, -0.2) is 59.1 Å². The van der Waals surface area contributed by atoms with Crippen LogP contribution in [0.3, 0.4) is 0 Å². The van der Waals surface area contributed by atoms with Gasteiger partial charge in [-0.05, 0) is 6.42 Å². The minimum Gasteiger partial charge on any atom is -0.396 e. The van der Waals surface area contributed by atoms with Gasteiger partial charge in [-0.3, -0.25) is 4.57 Å². The number of nitrogens with zero attached hydrogens (tertiary/aromatic N) is 4. The van der Waals surface area contributed by atoms with Crippen LogP contribution in [0.5, 0.6) is 0 Å². The Morgan fingerprint density at radius 1 is 1.27 bits per heavy atom. The van der Waals surface area contributed by atoms with Crippen molar-refractivity contribution in [2.24, 2.45) is 0 Å². The predicted octanol–water partition coefficient (Wildman–Crippen LogP) is -0.606. The summed E-state index contributed by atoms with van der Waals surface area (Å²) in [6, 6.07) is -0.400. The SMILES string of the molecule is O=P(O)(O)COCC(CCO)n1cnc2c(CO)ncnc21. The lowest BCUT2D eigenvalue weighted by Crippen LogP contribution is -2.17. The third-order valence-electron chi connectivity index (χ3n) is 3.01. The lowest BCUT2D eigenvalue weighted by atomic mass is 10.2. The molecule has 0 aliphatic heterocycles. The molecule has 0 aliphatic carbocycles. The van der Waals surface area contributed by atoms with E-state index in [0.29, 0.717) is 23.3 Å². The maximum Gasteiger partial charge on any atom is 0.350 e. The molecule has 0 bridgehead atoms. The zero-order valence-corrected chi connectivity index (χ0v) is 12.5. The van der Waals surface area contributed by atoms with Gasteiger partial charge in [0.15, 0.2) is 5.65 Å². The van der Waals surface area contributed by atoms with Crippen molar-refractivity contribution in [3.8, 4) is 0 Å². The van der Waals surface area contributed by atoms with E-state index in [1.807, 2.05) is 0 Å². The quantitative estimate of drug-likeness (QED) is 0.464. The average Bonchev–Trinajstić information content (AvgIpc) is 2.89. The maximum absolute atomic E-state index is 10.8. The van der Waals surface area contributed by atoms with Crippen LogP contribution < -0.4 is 0 Å². The Labute approximate surface area is 125 Å². The van der Waals surface area contributed by atoms with Crippen LogP contribution in [0.2, 0.25) is 0 Å². The molecule has 0 saturated heterocycles. The molecule has 2 heterocycles. The Balaban J connectivity index is 2.23. The number of hydrogen-bond acceptors (Lipinski definition) is 7. The summed E-state index contributed by atoms with van der Waals surface area (Å²) in [4.78, 5) is 29.8. The van der Waals surface area contributed by atoms with Crippen LogP contribution in [0.15, 0.2) is 12.7 Å². The van der Waals surface area contributed by atoms with Crippen molar-refractivity contribution in [1.82, 2.24) is 19.5 Å². The molecule has 1 atom stereocenters. The number of aliphatic hydroxyl groups is 2. The zero-order valence-electron chi connectivity index (χ0n) is 11.6. The van der Waals surface area contributed by atoms with E-state index in [4.69, 9.17) is 19.6 Å². The maximum atomic E-state index is 10.8. The molecule has 4 N–H and O–H groups in total. The summed E-state index contributed by atoms with van der Waals surface area (Å²) >= 11 is 0. The second-order valence-electron chi connectivity index (χ2n) is 4.63. The second kappa shape index (κ2) is 7.23. The summed E-state index contributed by atoms with van der Waals surface area (Å²) in [6.45, 7) is -0.438. The zero-order chi connectivity index (χ0) is 16.2. The lowest BCUT2D eigenvalue weighted by Gasteiger charge is -2.18. The largest absolute Gasteiger partial charge is 0.396 e. The first-order chi connectivity index (χ1) is 10.5. The van der Waals surface area contributed by atoms with Crippen molar-refractivity contribution in [2.45, 2.75) is 19.1 Å². The minimum atomic E-state index is -4.25. The van der Waals surface area contributed by atoms with Gasteiger partial charge in [-0.25, -0.2) is 15.0 Å². The molecule has 0 aromatic carbocycles. The van der Waals surface area contributed by atoms with E-state index in [9.17, 15) is 9.67 Å². The molecule has 11 heteroatoms. The van der Waals surface area contributed by atoms with Gasteiger partial charge in [0.25, 0.3) is 0 Å². The van der Waals surface area contributed by atoms with Gasteiger partial charge in [0.2, 0.25) is 0 Å². The fourth-order valence-corrected chi connectivity index (χ4v) is 2.39. The standard InChI is InChI=1S/C11H17N4O6P/c16-2-1-8(4-21-7-22(18,19)20)15-6-14-10-9(3-17)12-5-13-11(10)15/h5-6,8,16-17H,1-4,7H2,(H2,18,19,20). The van der Waals surface area contributed by atoms with Crippen LogP contribution in [0.1, 0.15) is 18.2 Å². The second-order valence-corrected chi connectivity index (χ2v) is 6.22. The molecule has 0 aliphatic rings. The highest BCUT2D eigenvalue weighted by Crippen LogP contribution is 2.34. The molecule has 1 unspecified atom stereocenters. The van der Waals surface area contributed by atoms with Crippen LogP contribution in [0.4, 0.5) is 0 Å². The molecule has 0 radical (unpaired) electrons. The Bertz CT molecular complexity index is 672. The van der Waals surface area contributed by atoms with Crippen molar-refractivity contribution in [3.05, 3.63) is 18.3 Å². The molecule has 0 saturated carbocycles. The highest BCUT2D eigenvalue weighted by atomic mass is 31.2. The number of fused-ring (bicyclic) bond motifs is 1. The number of imidazole rings is 1. The summed E-state index contributed by atoms with van der Waals surface area (Å²) in [7, 11) is -4.25. The molecule has 122 valence electrons. The summed E-state index contributed by atoms with van der Waals surface area (Å²) in [6.07, 6.45) is 2.36. The van der Waals surface area contributed by atoms with E-state index in [2.05, 4.69) is 15.0 Å². The predicted molar refractivity (Wildman–Crippen MR) is 74.8 cm³/mol. The molecule has 0 fully saturated rings. The molecule has 0 amide bonds. The van der Waals surface area contributed by atoms with Gasteiger partial charge in [0, 0.05) is 6.61 Å². The van der Waals surface area contributed by atoms with Gasteiger partial charge in [-0.1, -0.05) is 0 Å². The molecule has 10 nitrogen and oxygen atoms in total. The van der Waals surface area contributed by atoms with Crippen LogP contribution in [0.25, 0.3) is 11.2 Å². The first-order valence-corrected chi connectivity index (χ1v) is 8.26. The number of hydrogen-bond donors (Lipinski definition) is 4. The Hall–Kier alpha value is -1.42. The summed E-state index contributed by atoms with van der Waals surface area (Å²) in [5.74, 6) is 0. The molecule has 2 aromatic rings. The van der Waals surface area contributed by atoms with Gasteiger partial charge in [0.1, 0.15) is 18.2 Å². The van der Waals surface area contributed by atoms with E-state index < -0.39 is 20.0 Å². The Morgan fingerprint density at radius 3 is 2.68 bits per heavy atom. The molecule has 2 rings (SSSR count). The average molecular weight is 332 g/mol. The molecular formula is C11H17N4O6P. The van der Waals surface area contributed by atoms with E-state index in [-0.39, 0.29) is 19.8 Å². The highest BCUT2D eigenvalue weighted by molar-refractivity contribution is 7.51. The molecular weight excluding hydrogens is 315 g/mol. The number of rotatable bonds is 8. The van der Waals surface area contributed by atoms with Crippen LogP contribution >= 0.6 is 7.60 Å². The van der Waals surface area contributed by atoms with Crippen molar-refractivity contribution >= 4 is 18.8 Å². The summed E-state index contributed by atoms with van der Waals surface area (Å²) in [5, 5.41) is 18.4. The molecule has 22 heavy (non-hydrogen) atoms. The topological polar surface area (TPSA) is 151 Å². The Morgan fingerprint density at radius 2 is 2.05 bits per heavy atom. The fraction of sp³-hybridized carbons (Fsp3) is 0.545. The van der Waals surface area contributed by atoms with Gasteiger partial charge in [-0.2, -0.15) is 0 Å². The van der Waals surface area contributed by atoms with Crippen molar-refractivity contribution < 1.29 is 29.3 Å². The number of ether oxygens (including phenoxy) is 1.